The molecule has 0 amide bonds. The summed E-state index contributed by atoms with van der Waals surface area (Å²) in [6, 6.07) is 27.3. The van der Waals surface area contributed by atoms with Crippen LogP contribution in [-0.4, -0.2) is 17.4 Å². The number of nitrogens with zero attached hydrogens (tertiary/aromatic N) is 1. The first-order valence-corrected chi connectivity index (χ1v) is 13.3. The highest BCUT2D eigenvalue weighted by Gasteiger charge is 2.54. The van der Waals surface area contributed by atoms with E-state index in [1.807, 2.05) is 60.7 Å². The minimum Gasteiger partial charge on any atom is -0.488 e. The minimum atomic E-state index is -4.63. The van der Waals surface area contributed by atoms with Crippen molar-refractivity contribution in [1.29, 1.82) is 0 Å². The third kappa shape index (κ3) is 4.75. The molecule has 2 atom stereocenters. The summed E-state index contributed by atoms with van der Waals surface area (Å²) in [5.74, 6) is -0.712. The standard InChI is InChI=1S/C33H28F3NO3/c1-21-26(32(38)40-24-15-9-4-10-16-24)31(39-20-23-13-7-3-8-14-23)28-27(29(21)33(34,35)36)25-17-18-37(30(25)28)19-22-11-5-2-6-12-22/h2-16,25,30H,17-20H2,1H3/t25-,30-/m1/s1. The van der Waals surface area contributed by atoms with Gasteiger partial charge in [0, 0.05) is 24.1 Å². The fourth-order valence-electron chi connectivity index (χ4n) is 6.15. The second kappa shape index (κ2) is 10.5. The predicted molar refractivity (Wildman–Crippen MR) is 145 cm³/mol. The van der Waals surface area contributed by atoms with E-state index in [1.165, 1.54) is 6.92 Å². The van der Waals surface area contributed by atoms with Gasteiger partial charge in [-0.2, -0.15) is 13.2 Å². The van der Waals surface area contributed by atoms with Gasteiger partial charge in [-0.3, -0.25) is 4.90 Å². The molecular formula is C33H28F3NO3. The molecule has 0 radical (unpaired) electrons. The van der Waals surface area contributed by atoms with Crippen LogP contribution in [0.25, 0.3) is 0 Å². The average Bonchev–Trinajstić information content (AvgIpc) is 3.28. The number of carbonyl (C=O) groups excluding carboxylic acids is 1. The lowest BCUT2D eigenvalue weighted by molar-refractivity contribution is -0.139. The number of hydrogen-bond donors (Lipinski definition) is 0. The molecule has 204 valence electrons. The van der Waals surface area contributed by atoms with E-state index in [2.05, 4.69) is 4.90 Å². The number of likely N-dealkylation sites (tertiary alicyclic amines) is 1. The molecule has 40 heavy (non-hydrogen) atoms. The molecule has 0 saturated carbocycles. The highest BCUT2D eigenvalue weighted by molar-refractivity contribution is 5.97. The maximum absolute atomic E-state index is 14.7. The summed E-state index contributed by atoms with van der Waals surface area (Å²) in [7, 11) is 0. The maximum Gasteiger partial charge on any atom is 0.416 e. The van der Waals surface area contributed by atoms with Crippen LogP contribution in [0.1, 0.15) is 62.1 Å². The normalized spacial score (nSPS) is 18.0. The van der Waals surface area contributed by atoms with Gasteiger partial charge in [-0.25, -0.2) is 4.79 Å². The molecule has 0 N–H and O–H groups in total. The van der Waals surface area contributed by atoms with Gasteiger partial charge < -0.3 is 9.47 Å². The summed E-state index contributed by atoms with van der Waals surface area (Å²) < 4.78 is 55.9. The van der Waals surface area contributed by atoms with Gasteiger partial charge in [-0.05, 0) is 54.3 Å². The van der Waals surface area contributed by atoms with Crippen molar-refractivity contribution in [3.8, 4) is 11.5 Å². The highest BCUT2D eigenvalue weighted by Crippen LogP contribution is 2.63. The first kappa shape index (κ1) is 26.1. The second-order valence-electron chi connectivity index (χ2n) is 10.3. The molecular weight excluding hydrogens is 515 g/mol. The van der Waals surface area contributed by atoms with E-state index in [0.29, 0.717) is 25.1 Å². The summed E-state index contributed by atoms with van der Waals surface area (Å²) in [6.07, 6.45) is -4.02. The molecule has 0 unspecified atom stereocenters. The Morgan fingerprint density at radius 1 is 0.875 bits per heavy atom. The van der Waals surface area contributed by atoms with Crippen molar-refractivity contribution in [2.45, 2.75) is 44.6 Å². The molecule has 1 heterocycles. The lowest BCUT2D eigenvalue weighted by atomic mass is 9.68. The molecule has 1 saturated heterocycles. The van der Waals surface area contributed by atoms with Gasteiger partial charge in [-0.1, -0.05) is 78.9 Å². The van der Waals surface area contributed by atoms with Crippen LogP contribution in [0.2, 0.25) is 0 Å². The lowest BCUT2D eigenvalue weighted by Gasteiger charge is -2.43. The lowest BCUT2D eigenvalue weighted by Crippen LogP contribution is -2.36. The van der Waals surface area contributed by atoms with Crippen molar-refractivity contribution in [3.05, 3.63) is 130 Å². The number of ether oxygens (including phenoxy) is 2. The first-order chi connectivity index (χ1) is 19.3. The minimum absolute atomic E-state index is 0.111. The maximum atomic E-state index is 14.7. The van der Waals surface area contributed by atoms with Gasteiger partial charge in [0.15, 0.2) is 0 Å². The molecule has 2 aliphatic rings. The van der Waals surface area contributed by atoms with Crippen LogP contribution in [0.5, 0.6) is 11.5 Å². The fourth-order valence-corrected chi connectivity index (χ4v) is 6.15. The van der Waals surface area contributed by atoms with Crippen LogP contribution < -0.4 is 9.47 Å². The topological polar surface area (TPSA) is 38.8 Å². The van der Waals surface area contributed by atoms with Crippen LogP contribution in [-0.2, 0) is 19.3 Å². The Bertz CT molecular complexity index is 1520. The molecule has 1 fully saturated rings. The Morgan fingerprint density at radius 2 is 1.48 bits per heavy atom. The van der Waals surface area contributed by atoms with Crippen LogP contribution in [0, 0.1) is 6.92 Å². The van der Waals surface area contributed by atoms with Crippen molar-refractivity contribution in [3.63, 3.8) is 0 Å². The molecule has 0 spiro atoms. The predicted octanol–water partition coefficient (Wildman–Crippen LogP) is 7.86. The number of alkyl halides is 3. The van der Waals surface area contributed by atoms with Crippen molar-refractivity contribution >= 4 is 5.97 Å². The van der Waals surface area contributed by atoms with Crippen LogP contribution in [0.3, 0.4) is 0 Å². The molecule has 1 aliphatic heterocycles. The quantitative estimate of drug-likeness (QED) is 0.176. The molecule has 0 bridgehead atoms. The molecule has 4 aromatic carbocycles. The Kier molecular flexibility index (Phi) is 6.84. The Hall–Kier alpha value is -4.10. The zero-order valence-electron chi connectivity index (χ0n) is 21.9. The number of carbonyl (C=O) groups is 1. The van der Waals surface area contributed by atoms with Gasteiger partial charge in [0.05, 0.1) is 5.56 Å². The van der Waals surface area contributed by atoms with E-state index in [9.17, 15) is 18.0 Å². The number of fused-ring (bicyclic) bond motifs is 4. The summed E-state index contributed by atoms with van der Waals surface area (Å²) in [5.41, 5.74) is 1.57. The average molecular weight is 544 g/mol. The van der Waals surface area contributed by atoms with Crippen molar-refractivity contribution in [1.82, 2.24) is 4.90 Å². The number of hydrogen-bond acceptors (Lipinski definition) is 4. The van der Waals surface area contributed by atoms with Gasteiger partial charge in [0.2, 0.25) is 0 Å². The molecule has 7 heteroatoms. The molecule has 1 aliphatic carbocycles. The van der Waals surface area contributed by atoms with Crippen molar-refractivity contribution in [2.24, 2.45) is 0 Å². The molecule has 4 aromatic rings. The van der Waals surface area contributed by atoms with Crippen LogP contribution in [0.15, 0.2) is 91.0 Å². The number of esters is 1. The SMILES string of the molecule is Cc1c(C(=O)Oc2ccccc2)c(OCc2ccccc2)c2c(c1C(F)(F)F)[C@H]1CCN(Cc3ccccc3)[C@@H]21. The Labute approximate surface area is 231 Å². The van der Waals surface area contributed by atoms with E-state index in [0.717, 1.165) is 11.1 Å². The fraction of sp³-hybridized carbons (Fsp3) is 0.242. The number of benzene rings is 4. The van der Waals surface area contributed by atoms with E-state index >= 15 is 0 Å². The van der Waals surface area contributed by atoms with Crippen molar-refractivity contribution in [2.75, 3.05) is 6.54 Å². The number of halogens is 3. The van der Waals surface area contributed by atoms with Crippen LogP contribution in [0.4, 0.5) is 13.2 Å². The Morgan fingerprint density at radius 3 is 2.10 bits per heavy atom. The Balaban J connectivity index is 1.49. The summed E-state index contributed by atoms with van der Waals surface area (Å²) in [4.78, 5) is 15.8. The van der Waals surface area contributed by atoms with E-state index < -0.39 is 17.7 Å². The van der Waals surface area contributed by atoms with Crippen LogP contribution >= 0.6 is 0 Å². The van der Waals surface area contributed by atoms with Crippen molar-refractivity contribution < 1.29 is 27.4 Å². The number of para-hydroxylation sites is 1. The van der Waals surface area contributed by atoms with Gasteiger partial charge in [0.25, 0.3) is 0 Å². The summed E-state index contributed by atoms with van der Waals surface area (Å²) in [6.45, 7) is 2.71. The van der Waals surface area contributed by atoms with E-state index in [4.69, 9.17) is 9.47 Å². The van der Waals surface area contributed by atoms with E-state index in [1.54, 1.807) is 30.3 Å². The zero-order valence-corrected chi connectivity index (χ0v) is 21.9. The second-order valence-corrected chi connectivity index (χ2v) is 10.3. The third-order valence-corrected chi connectivity index (χ3v) is 7.85. The number of rotatable bonds is 7. The summed E-state index contributed by atoms with van der Waals surface area (Å²) >= 11 is 0. The largest absolute Gasteiger partial charge is 0.488 e. The van der Waals surface area contributed by atoms with Gasteiger partial charge >= 0.3 is 12.1 Å². The first-order valence-electron chi connectivity index (χ1n) is 13.3. The zero-order chi connectivity index (χ0) is 27.9. The molecule has 4 nitrogen and oxygen atoms in total. The highest BCUT2D eigenvalue weighted by atomic mass is 19.4. The van der Waals surface area contributed by atoms with Gasteiger partial charge in [-0.15, -0.1) is 0 Å². The third-order valence-electron chi connectivity index (χ3n) is 7.85. The van der Waals surface area contributed by atoms with E-state index in [-0.39, 0.29) is 46.8 Å². The molecule has 6 rings (SSSR count). The van der Waals surface area contributed by atoms with Gasteiger partial charge in [0.1, 0.15) is 23.7 Å². The summed E-state index contributed by atoms with van der Waals surface area (Å²) in [5, 5.41) is 0. The monoisotopic (exact) mass is 543 g/mol. The molecule has 0 aromatic heterocycles. The smallest absolute Gasteiger partial charge is 0.416 e.